The first kappa shape index (κ1) is 11.4. The lowest BCUT2D eigenvalue weighted by atomic mass is 10.4. The standard InChI is InChI=1S/C5H8F2O4S/c1-4(5(6)8)11-2-3-12(7,9)10/h4H,2-3H2,1H3. The monoisotopic (exact) mass is 202 g/mol. The number of carbonyl (C=O) groups excluding carboxylic acids is 1. The molecule has 0 aliphatic carbocycles. The van der Waals surface area contributed by atoms with E-state index in [1.54, 1.807) is 0 Å². The lowest BCUT2D eigenvalue weighted by Crippen LogP contribution is -2.19. The van der Waals surface area contributed by atoms with Gasteiger partial charge in [-0.15, -0.1) is 3.89 Å². The van der Waals surface area contributed by atoms with E-state index in [0.29, 0.717) is 0 Å². The third-order valence-corrected chi connectivity index (χ3v) is 1.67. The second kappa shape index (κ2) is 4.46. The van der Waals surface area contributed by atoms with Gasteiger partial charge >= 0.3 is 16.3 Å². The van der Waals surface area contributed by atoms with Crippen LogP contribution in [0.2, 0.25) is 0 Å². The zero-order valence-electron chi connectivity index (χ0n) is 6.29. The Bertz CT molecular complexity index is 248. The van der Waals surface area contributed by atoms with Gasteiger partial charge in [-0.1, -0.05) is 0 Å². The molecule has 12 heavy (non-hydrogen) atoms. The summed E-state index contributed by atoms with van der Waals surface area (Å²) < 4.78 is 47.5. The van der Waals surface area contributed by atoms with Crippen molar-refractivity contribution in [1.29, 1.82) is 0 Å². The minimum Gasteiger partial charge on any atom is -0.367 e. The van der Waals surface area contributed by atoms with Crippen molar-refractivity contribution in [3.63, 3.8) is 0 Å². The van der Waals surface area contributed by atoms with Crippen LogP contribution in [0.25, 0.3) is 0 Å². The van der Waals surface area contributed by atoms with Crippen LogP contribution in [0.4, 0.5) is 8.28 Å². The summed E-state index contributed by atoms with van der Waals surface area (Å²) in [6.07, 6.45) is -1.34. The predicted octanol–water partition coefficient (Wildman–Crippen LogP) is 0.187. The maximum absolute atomic E-state index is 11.8. The average molecular weight is 202 g/mol. The molecule has 0 aliphatic heterocycles. The molecule has 0 heterocycles. The molecule has 0 spiro atoms. The minimum absolute atomic E-state index is 0.532. The van der Waals surface area contributed by atoms with E-state index in [4.69, 9.17) is 0 Å². The van der Waals surface area contributed by atoms with Crippen molar-refractivity contribution in [2.75, 3.05) is 12.4 Å². The van der Waals surface area contributed by atoms with E-state index >= 15 is 0 Å². The average Bonchev–Trinajstić information content (AvgIpc) is 1.84. The van der Waals surface area contributed by atoms with Gasteiger partial charge in [-0.05, 0) is 6.92 Å². The summed E-state index contributed by atoms with van der Waals surface area (Å²) in [7, 11) is -4.60. The molecule has 1 unspecified atom stereocenters. The first-order valence-corrected chi connectivity index (χ1v) is 4.61. The molecule has 0 fully saturated rings. The lowest BCUT2D eigenvalue weighted by molar-refractivity contribution is -0.140. The normalized spacial score (nSPS) is 14.2. The molecular formula is C5H8F2O4S. The highest BCUT2D eigenvalue weighted by atomic mass is 32.3. The summed E-state index contributed by atoms with van der Waals surface area (Å²) in [4.78, 5) is 9.86. The van der Waals surface area contributed by atoms with Crippen LogP contribution in [-0.2, 0) is 19.8 Å². The van der Waals surface area contributed by atoms with Crippen LogP contribution in [0.15, 0.2) is 0 Å². The topological polar surface area (TPSA) is 60.4 Å². The Morgan fingerprint density at radius 2 is 2.08 bits per heavy atom. The van der Waals surface area contributed by atoms with E-state index in [-0.39, 0.29) is 0 Å². The molecule has 4 nitrogen and oxygen atoms in total. The number of carbonyl (C=O) groups is 1. The second-order valence-electron chi connectivity index (χ2n) is 2.06. The van der Waals surface area contributed by atoms with E-state index in [1.165, 1.54) is 0 Å². The SMILES string of the molecule is CC(OCCS(=O)(=O)F)C(=O)F. The number of ether oxygens (including phenoxy) is 1. The van der Waals surface area contributed by atoms with Crippen molar-refractivity contribution >= 4 is 16.3 Å². The van der Waals surface area contributed by atoms with Gasteiger partial charge in [-0.3, -0.25) is 4.79 Å². The zero-order valence-corrected chi connectivity index (χ0v) is 7.11. The van der Waals surface area contributed by atoms with Gasteiger partial charge in [0.05, 0.1) is 6.61 Å². The van der Waals surface area contributed by atoms with Crippen molar-refractivity contribution < 1.29 is 26.2 Å². The molecule has 0 aromatic carbocycles. The third kappa shape index (κ3) is 6.17. The maximum atomic E-state index is 11.8. The summed E-state index contributed by atoms with van der Waals surface area (Å²) in [6.45, 7) is 0.572. The highest BCUT2D eigenvalue weighted by Gasteiger charge is 2.14. The molecule has 0 bridgehead atoms. The molecule has 0 aromatic rings. The molecule has 0 aliphatic rings. The van der Waals surface area contributed by atoms with Crippen LogP contribution < -0.4 is 0 Å². The van der Waals surface area contributed by atoms with E-state index < -0.39 is 34.7 Å². The van der Waals surface area contributed by atoms with Gasteiger partial charge in [-0.2, -0.15) is 12.8 Å². The number of hydrogen-bond acceptors (Lipinski definition) is 4. The summed E-state index contributed by atoms with van der Waals surface area (Å²) in [5.74, 6) is -0.870. The van der Waals surface area contributed by atoms with Gasteiger partial charge in [0, 0.05) is 0 Å². The van der Waals surface area contributed by atoms with E-state index in [0.717, 1.165) is 6.92 Å². The molecule has 0 saturated carbocycles. The van der Waals surface area contributed by atoms with Gasteiger partial charge in [0.15, 0.2) is 0 Å². The van der Waals surface area contributed by atoms with E-state index in [9.17, 15) is 21.5 Å². The maximum Gasteiger partial charge on any atom is 0.329 e. The van der Waals surface area contributed by atoms with Crippen molar-refractivity contribution in [2.24, 2.45) is 0 Å². The fraction of sp³-hybridized carbons (Fsp3) is 0.800. The van der Waals surface area contributed by atoms with Gasteiger partial charge < -0.3 is 4.74 Å². The molecule has 0 rings (SSSR count). The fourth-order valence-electron chi connectivity index (χ4n) is 0.390. The number of hydrogen-bond donors (Lipinski definition) is 0. The van der Waals surface area contributed by atoms with Crippen LogP contribution >= 0.6 is 0 Å². The van der Waals surface area contributed by atoms with Gasteiger partial charge in [0.1, 0.15) is 11.9 Å². The number of halogens is 2. The molecular weight excluding hydrogens is 194 g/mol. The molecule has 0 amide bonds. The lowest BCUT2D eigenvalue weighted by Gasteiger charge is -2.04. The molecule has 1 atom stereocenters. The quantitative estimate of drug-likeness (QED) is 0.597. The third-order valence-electron chi connectivity index (χ3n) is 1.01. The van der Waals surface area contributed by atoms with Crippen molar-refractivity contribution in [1.82, 2.24) is 0 Å². The first-order chi connectivity index (χ1) is 5.33. The number of rotatable bonds is 5. The van der Waals surface area contributed by atoms with Gasteiger partial charge in [-0.25, -0.2) is 0 Å². The Morgan fingerprint density at radius 3 is 2.42 bits per heavy atom. The summed E-state index contributed by atoms with van der Waals surface area (Å²) in [6, 6.07) is -1.72. The Hall–Kier alpha value is -0.560. The first-order valence-electron chi connectivity index (χ1n) is 3.06. The molecule has 0 saturated heterocycles. The Morgan fingerprint density at radius 1 is 1.58 bits per heavy atom. The largest absolute Gasteiger partial charge is 0.367 e. The molecule has 72 valence electrons. The van der Waals surface area contributed by atoms with E-state index in [1.807, 2.05) is 0 Å². The minimum atomic E-state index is -4.60. The van der Waals surface area contributed by atoms with Gasteiger partial charge in [0.25, 0.3) is 0 Å². The van der Waals surface area contributed by atoms with Crippen LogP contribution in [0.1, 0.15) is 6.92 Å². The summed E-state index contributed by atoms with van der Waals surface area (Å²) >= 11 is 0. The molecule has 0 radical (unpaired) electrons. The highest BCUT2D eigenvalue weighted by molar-refractivity contribution is 7.86. The van der Waals surface area contributed by atoms with Crippen LogP contribution in [0.5, 0.6) is 0 Å². The van der Waals surface area contributed by atoms with Crippen molar-refractivity contribution in [3.05, 3.63) is 0 Å². The fourth-order valence-corrected chi connectivity index (χ4v) is 0.685. The molecule has 0 N–H and O–H groups in total. The van der Waals surface area contributed by atoms with Crippen LogP contribution in [-0.4, -0.2) is 32.9 Å². The van der Waals surface area contributed by atoms with Gasteiger partial charge in [0.2, 0.25) is 0 Å². The van der Waals surface area contributed by atoms with Crippen LogP contribution in [0, 0.1) is 0 Å². The second-order valence-corrected chi connectivity index (χ2v) is 3.55. The smallest absolute Gasteiger partial charge is 0.329 e. The summed E-state index contributed by atoms with van der Waals surface area (Å²) in [5, 5.41) is 0. The predicted molar refractivity (Wildman–Crippen MR) is 36.4 cm³/mol. The van der Waals surface area contributed by atoms with E-state index in [2.05, 4.69) is 4.74 Å². The zero-order chi connectivity index (χ0) is 9.78. The Balaban J connectivity index is 3.65. The highest BCUT2D eigenvalue weighted by Crippen LogP contribution is 1.96. The van der Waals surface area contributed by atoms with Crippen molar-refractivity contribution in [3.8, 4) is 0 Å². The summed E-state index contributed by atoms with van der Waals surface area (Å²) in [5.41, 5.74) is 0. The molecule has 7 heteroatoms. The Kier molecular flexibility index (Phi) is 4.25. The van der Waals surface area contributed by atoms with Crippen molar-refractivity contribution in [2.45, 2.75) is 13.0 Å². The Labute approximate surface area is 68.7 Å². The molecule has 0 aromatic heterocycles. The van der Waals surface area contributed by atoms with Crippen LogP contribution in [0.3, 0.4) is 0 Å².